The lowest BCUT2D eigenvalue weighted by atomic mass is 9.80. The van der Waals surface area contributed by atoms with Gasteiger partial charge in [-0.2, -0.15) is 4.98 Å². The molecule has 0 bridgehead atoms. The van der Waals surface area contributed by atoms with E-state index in [1.54, 1.807) is 0 Å². The zero-order valence-corrected chi connectivity index (χ0v) is 21.7. The molecular weight excluding hydrogens is 468 g/mol. The summed E-state index contributed by atoms with van der Waals surface area (Å²) in [5, 5.41) is 4.31. The van der Waals surface area contributed by atoms with Crippen molar-refractivity contribution in [2.75, 3.05) is 37.9 Å². The Balaban J connectivity index is 1.16. The second-order valence-corrected chi connectivity index (χ2v) is 11.0. The third-order valence-electron chi connectivity index (χ3n) is 8.52. The highest BCUT2D eigenvalue weighted by molar-refractivity contribution is 5.96. The standard InChI is InChI=1S/C27H36N8O2/c1-33(2)21-10-14-34(15-11-21)24(36)18-6-8-20(9-7-18)29-26-28-17-19-16-22-31-32-25(37)27(12-4-3-5-13-27)35(22)23(19)30-26/h6-8,16-17,20-21,31H,3-5,9-15H2,1-2H3,(H,32,37)(H,28,29,30). The summed E-state index contributed by atoms with van der Waals surface area (Å²) in [6, 6.07) is 2.54. The average molecular weight is 505 g/mol. The van der Waals surface area contributed by atoms with Crippen LogP contribution in [-0.4, -0.2) is 75.4 Å². The van der Waals surface area contributed by atoms with E-state index in [-0.39, 0.29) is 17.9 Å². The van der Waals surface area contributed by atoms with Gasteiger partial charge in [0.05, 0.1) is 6.04 Å². The zero-order valence-electron chi connectivity index (χ0n) is 21.7. The van der Waals surface area contributed by atoms with Crippen LogP contribution in [-0.2, 0) is 15.1 Å². The van der Waals surface area contributed by atoms with Gasteiger partial charge in [-0.3, -0.25) is 25.0 Å². The molecule has 196 valence electrons. The van der Waals surface area contributed by atoms with Crippen LogP contribution in [0.1, 0.15) is 51.4 Å². The maximum Gasteiger partial charge on any atom is 0.264 e. The minimum absolute atomic E-state index is 0.00525. The molecule has 4 heterocycles. The molecule has 10 heteroatoms. The summed E-state index contributed by atoms with van der Waals surface area (Å²) < 4.78 is 2.08. The molecule has 10 nitrogen and oxygen atoms in total. The molecule has 1 atom stereocenters. The van der Waals surface area contributed by atoms with Crippen molar-refractivity contribution in [3.8, 4) is 0 Å². The molecule has 1 saturated heterocycles. The molecule has 37 heavy (non-hydrogen) atoms. The second kappa shape index (κ2) is 9.48. The molecular formula is C27H36N8O2. The highest BCUT2D eigenvalue weighted by Crippen LogP contribution is 2.42. The molecule has 1 saturated carbocycles. The Labute approximate surface area is 217 Å². The number of carbonyl (C=O) groups is 2. The van der Waals surface area contributed by atoms with Gasteiger partial charge in [0.1, 0.15) is 17.0 Å². The first-order valence-electron chi connectivity index (χ1n) is 13.5. The summed E-state index contributed by atoms with van der Waals surface area (Å²) in [7, 11) is 4.21. The van der Waals surface area contributed by atoms with E-state index in [0.717, 1.165) is 80.5 Å². The van der Waals surface area contributed by atoms with Crippen molar-refractivity contribution in [3.05, 3.63) is 36.1 Å². The van der Waals surface area contributed by atoms with E-state index in [2.05, 4.69) is 44.7 Å². The van der Waals surface area contributed by atoms with E-state index >= 15 is 0 Å². The number of carbonyl (C=O) groups excluding carboxylic acids is 2. The maximum absolute atomic E-state index is 13.0. The predicted molar refractivity (Wildman–Crippen MR) is 143 cm³/mol. The minimum atomic E-state index is -0.601. The second-order valence-electron chi connectivity index (χ2n) is 11.0. The number of aromatic nitrogens is 3. The molecule has 2 fully saturated rings. The molecule has 1 spiro atoms. The summed E-state index contributed by atoms with van der Waals surface area (Å²) in [4.78, 5) is 39.7. The molecule has 0 aromatic carbocycles. The van der Waals surface area contributed by atoms with Gasteiger partial charge in [0, 0.05) is 36.3 Å². The van der Waals surface area contributed by atoms with Gasteiger partial charge < -0.3 is 15.1 Å². The Morgan fingerprint density at radius 1 is 1.16 bits per heavy atom. The molecule has 3 N–H and O–H groups in total. The normalized spacial score (nSPS) is 23.5. The molecule has 2 aromatic rings. The maximum atomic E-state index is 13.0. The van der Waals surface area contributed by atoms with E-state index in [9.17, 15) is 9.59 Å². The van der Waals surface area contributed by atoms with Crippen molar-refractivity contribution < 1.29 is 9.59 Å². The van der Waals surface area contributed by atoms with Gasteiger partial charge >= 0.3 is 0 Å². The van der Waals surface area contributed by atoms with Gasteiger partial charge in [-0.15, -0.1) is 0 Å². The van der Waals surface area contributed by atoms with Crippen LogP contribution in [0.4, 0.5) is 11.8 Å². The predicted octanol–water partition coefficient (Wildman–Crippen LogP) is 2.77. The van der Waals surface area contributed by atoms with Crippen LogP contribution in [0, 0.1) is 0 Å². The zero-order chi connectivity index (χ0) is 25.6. The van der Waals surface area contributed by atoms with Crippen molar-refractivity contribution in [2.24, 2.45) is 0 Å². The highest BCUT2D eigenvalue weighted by atomic mass is 16.2. The van der Waals surface area contributed by atoms with E-state index in [1.165, 1.54) is 0 Å². The minimum Gasteiger partial charge on any atom is -0.348 e. The van der Waals surface area contributed by atoms with E-state index < -0.39 is 5.54 Å². The number of hydrogen-bond donors (Lipinski definition) is 3. The number of anilines is 2. The molecule has 6 rings (SSSR count). The lowest BCUT2D eigenvalue weighted by Crippen LogP contribution is -2.55. The molecule has 2 aromatic heterocycles. The van der Waals surface area contributed by atoms with E-state index in [1.807, 2.05) is 35.4 Å². The van der Waals surface area contributed by atoms with Crippen LogP contribution in [0.15, 0.2) is 36.1 Å². The van der Waals surface area contributed by atoms with Crippen LogP contribution < -0.4 is 16.2 Å². The third kappa shape index (κ3) is 4.27. The number of hydrazine groups is 1. The van der Waals surface area contributed by atoms with E-state index in [4.69, 9.17) is 4.98 Å². The number of piperidine rings is 1. The summed E-state index contributed by atoms with van der Waals surface area (Å²) in [6.07, 6.45) is 15.3. The molecule has 0 radical (unpaired) electrons. The Bertz CT molecular complexity index is 1260. The fourth-order valence-electron chi connectivity index (χ4n) is 6.33. The molecule has 1 unspecified atom stereocenters. The number of hydrogen-bond acceptors (Lipinski definition) is 7. The first-order chi connectivity index (χ1) is 17.9. The number of nitrogens with one attached hydrogen (secondary N) is 3. The van der Waals surface area contributed by atoms with Crippen molar-refractivity contribution in [1.82, 2.24) is 29.8 Å². The summed E-state index contributed by atoms with van der Waals surface area (Å²) in [5.74, 6) is 1.50. The monoisotopic (exact) mass is 504 g/mol. The van der Waals surface area contributed by atoms with Gasteiger partial charge in [-0.25, -0.2) is 4.98 Å². The SMILES string of the molecule is CN(C)C1CCN(C(=O)C2=CCC(Nc3ncc4cc5n(c4n3)C3(CCCCC3)C(=O)NN5)C=C2)CC1. The van der Waals surface area contributed by atoms with E-state index in [0.29, 0.717) is 18.4 Å². The van der Waals surface area contributed by atoms with Crippen molar-refractivity contribution in [1.29, 1.82) is 0 Å². The molecule has 2 aliphatic heterocycles. The molecule has 4 aliphatic rings. The van der Waals surface area contributed by atoms with Gasteiger partial charge in [0.2, 0.25) is 5.95 Å². The highest BCUT2D eigenvalue weighted by Gasteiger charge is 2.46. The van der Waals surface area contributed by atoms with Gasteiger partial charge in [-0.1, -0.05) is 37.5 Å². The smallest absolute Gasteiger partial charge is 0.264 e. The summed E-state index contributed by atoms with van der Waals surface area (Å²) in [6.45, 7) is 1.61. The topological polar surface area (TPSA) is 107 Å². The molecule has 2 amide bonds. The van der Waals surface area contributed by atoms with Crippen LogP contribution in [0.5, 0.6) is 0 Å². The lowest BCUT2D eigenvalue weighted by Gasteiger charge is -2.41. The number of amides is 2. The lowest BCUT2D eigenvalue weighted by molar-refractivity contribution is -0.132. The molecule has 2 aliphatic carbocycles. The van der Waals surface area contributed by atoms with Crippen LogP contribution >= 0.6 is 0 Å². The average Bonchev–Trinajstić information content (AvgIpc) is 3.30. The Morgan fingerprint density at radius 2 is 1.95 bits per heavy atom. The quantitative estimate of drug-likeness (QED) is 0.588. The fraction of sp³-hybridized carbons (Fsp3) is 0.556. The third-order valence-corrected chi connectivity index (χ3v) is 8.52. The number of fused-ring (bicyclic) bond motifs is 4. The van der Waals surface area contributed by atoms with Gasteiger partial charge in [-0.05, 0) is 52.3 Å². The fourth-order valence-corrected chi connectivity index (χ4v) is 6.33. The van der Waals surface area contributed by atoms with Crippen LogP contribution in [0.25, 0.3) is 11.0 Å². The summed E-state index contributed by atoms with van der Waals surface area (Å²) >= 11 is 0. The number of nitrogens with zero attached hydrogens (tertiary/aromatic N) is 5. The van der Waals surface area contributed by atoms with Crippen molar-refractivity contribution >= 4 is 34.6 Å². The summed E-state index contributed by atoms with van der Waals surface area (Å²) in [5.41, 5.74) is 6.83. The van der Waals surface area contributed by atoms with Crippen molar-refractivity contribution in [2.45, 2.75) is 69.0 Å². The van der Waals surface area contributed by atoms with Crippen molar-refractivity contribution in [3.63, 3.8) is 0 Å². The van der Waals surface area contributed by atoms with Crippen LogP contribution in [0.3, 0.4) is 0 Å². The largest absolute Gasteiger partial charge is 0.348 e. The Morgan fingerprint density at radius 3 is 2.65 bits per heavy atom. The number of rotatable bonds is 4. The Hall–Kier alpha value is -3.40. The van der Waals surface area contributed by atoms with Crippen LogP contribution in [0.2, 0.25) is 0 Å². The van der Waals surface area contributed by atoms with Gasteiger partial charge in [0.15, 0.2) is 0 Å². The first kappa shape index (κ1) is 24.0. The number of likely N-dealkylation sites (tertiary alicyclic amines) is 1. The van der Waals surface area contributed by atoms with Gasteiger partial charge in [0.25, 0.3) is 11.8 Å². The Kier molecular flexibility index (Phi) is 6.14. The first-order valence-corrected chi connectivity index (χ1v) is 13.5.